The molecule has 0 radical (unpaired) electrons. The highest BCUT2D eigenvalue weighted by Crippen LogP contribution is 2.38. The van der Waals surface area contributed by atoms with E-state index in [9.17, 15) is 0 Å². The van der Waals surface area contributed by atoms with E-state index in [0.29, 0.717) is 16.7 Å². The van der Waals surface area contributed by atoms with Crippen LogP contribution in [-0.4, -0.2) is 38.0 Å². The number of aromatic nitrogens is 5. The van der Waals surface area contributed by atoms with Crippen molar-refractivity contribution in [2.75, 3.05) is 18.0 Å². The van der Waals surface area contributed by atoms with Crippen molar-refractivity contribution in [2.45, 2.75) is 30.2 Å². The third kappa shape index (κ3) is 3.73. The molecule has 1 fully saturated rings. The molecule has 1 aliphatic heterocycles. The Morgan fingerprint density at radius 3 is 2.73 bits per heavy atom. The van der Waals surface area contributed by atoms with Gasteiger partial charge >= 0.3 is 0 Å². The van der Waals surface area contributed by atoms with Crippen molar-refractivity contribution < 1.29 is 4.52 Å². The summed E-state index contributed by atoms with van der Waals surface area (Å²) in [4.78, 5) is 7.81. The molecule has 1 aliphatic rings. The Labute approximate surface area is 187 Å². The van der Waals surface area contributed by atoms with Crippen molar-refractivity contribution >= 4 is 40.6 Å². The van der Waals surface area contributed by atoms with Crippen LogP contribution in [0.1, 0.15) is 30.9 Å². The van der Waals surface area contributed by atoms with Crippen molar-refractivity contribution in [3.63, 3.8) is 0 Å². The number of rotatable bonds is 6. The lowest BCUT2D eigenvalue weighted by molar-refractivity contribution is 0.380. The maximum Gasteiger partial charge on any atom is 0.240 e. The van der Waals surface area contributed by atoms with Crippen LogP contribution in [0.4, 0.5) is 5.95 Å². The van der Waals surface area contributed by atoms with Crippen LogP contribution in [0.15, 0.2) is 51.5 Å². The number of halogens is 1. The molecule has 7 nitrogen and oxygen atoms in total. The second kappa shape index (κ2) is 8.41. The molecule has 1 unspecified atom stereocenters. The molecule has 4 heterocycles. The number of nitrogens with zero attached hydrogens (tertiary/aromatic N) is 6. The molecule has 0 saturated carbocycles. The molecule has 0 N–H and O–H groups in total. The second-order valence-electron chi connectivity index (χ2n) is 6.96. The van der Waals surface area contributed by atoms with Crippen LogP contribution in [0.2, 0.25) is 5.02 Å². The SMILES string of the molecule is CC(Sc1nnc(N2CCCC2)n1-c1ccccc1Cl)c1nc(-c2cccs2)no1. The Bertz CT molecular complexity index is 1140. The maximum absolute atomic E-state index is 6.54. The molecule has 0 aliphatic carbocycles. The van der Waals surface area contributed by atoms with Gasteiger partial charge in [0.05, 0.1) is 20.8 Å². The van der Waals surface area contributed by atoms with Crippen LogP contribution >= 0.6 is 34.7 Å². The second-order valence-corrected chi connectivity index (χ2v) is 9.62. The first-order valence-electron chi connectivity index (χ1n) is 9.70. The highest BCUT2D eigenvalue weighted by Gasteiger charge is 2.26. The van der Waals surface area contributed by atoms with Crippen LogP contribution in [-0.2, 0) is 0 Å². The zero-order valence-corrected chi connectivity index (χ0v) is 18.6. The predicted octanol–water partition coefficient (Wildman–Crippen LogP) is 5.49. The zero-order valence-electron chi connectivity index (χ0n) is 16.2. The molecule has 1 aromatic carbocycles. The van der Waals surface area contributed by atoms with Crippen molar-refractivity contribution in [3.05, 3.63) is 52.7 Å². The summed E-state index contributed by atoms with van der Waals surface area (Å²) in [5, 5.41) is 16.4. The van der Waals surface area contributed by atoms with Gasteiger partial charge in [-0.05, 0) is 43.3 Å². The molecule has 0 amide bonds. The Hall–Kier alpha value is -2.36. The Morgan fingerprint density at radius 2 is 1.97 bits per heavy atom. The third-order valence-corrected chi connectivity index (χ3v) is 7.13. The summed E-state index contributed by atoms with van der Waals surface area (Å²) >= 11 is 9.65. The van der Waals surface area contributed by atoms with Gasteiger partial charge in [-0.25, -0.2) is 0 Å². The van der Waals surface area contributed by atoms with E-state index in [1.165, 1.54) is 11.8 Å². The number of thioether (sulfide) groups is 1. The number of thiophene rings is 1. The zero-order chi connectivity index (χ0) is 20.5. The smallest absolute Gasteiger partial charge is 0.240 e. The lowest BCUT2D eigenvalue weighted by Gasteiger charge is -2.19. The average molecular weight is 459 g/mol. The quantitative estimate of drug-likeness (QED) is 0.354. The minimum atomic E-state index is -0.0944. The molecule has 5 rings (SSSR count). The first kappa shape index (κ1) is 19.6. The van der Waals surface area contributed by atoms with Gasteiger partial charge in [0.25, 0.3) is 0 Å². The lowest BCUT2D eigenvalue weighted by Crippen LogP contribution is -2.22. The van der Waals surface area contributed by atoms with Crippen molar-refractivity contribution in [1.29, 1.82) is 0 Å². The third-order valence-electron chi connectivity index (χ3n) is 4.91. The Balaban J connectivity index is 1.47. The van der Waals surface area contributed by atoms with Gasteiger partial charge in [0, 0.05) is 13.1 Å². The van der Waals surface area contributed by atoms with E-state index >= 15 is 0 Å². The fraction of sp³-hybridized carbons (Fsp3) is 0.300. The molecule has 3 aromatic heterocycles. The van der Waals surface area contributed by atoms with E-state index in [2.05, 4.69) is 25.2 Å². The van der Waals surface area contributed by atoms with Crippen LogP contribution in [0.25, 0.3) is 16.4 Å². The Kier molecular flexibility index (Phi) is 5.49. The predicted molar refractivity (Wildman–Crippen MR) is 120 cm³/mol. The summed E-state index contributed by atoms with van der Waals surface area (Å²) in [6.45, 7) is 3.96. The molecule has 1 saturated heterocycles. The monoisotopic (exact) mass is 458 g/mol. The number of hydrogen-bond donors (Lipinski definition) is 0. The van der Waals surface area contributed by atoms with Gasteiger partial charge in [0.1, 0.15) is 0 Å². The van der Waals surface area contributed by atoms with Crippen molar-refractivity contribution in [2.24, 2.45) is 0 Å². The molecule has 30 heavy (non-hydrogen) atoms. The van der Waals surface area contributed by atoms with E-state index < -0.39 is 0 Å². The van der Waals surface area contributed by atoms with Crippen molar-refractivity contribution in [3.8, 4) is 16.4 Å². The normalized spacial score (nSPS) is 15.1. The number of benzene rings is 1. The minimum absolute atomic E-state index is 0.0944. The van der Waals surface area contributed by atoms with Gasteiger partial charge in [0.15, 0.2) is 5.16 Å². The summed E-state index contributed by atoms with van der Waals surface area (Å²) in [5.74, 6) is 1.98. The van der Waals surface area contributed by atoms with E-state index in [1.807, 2.05) is 53.3 Å². The van der Waals surface area contributed by atoms with Gasteiger partial charge in [-0.3, -0.25) is 4.57 Å². The summed E-state index contributed by atoms with van der Waals surface area (Å²) in [7, 11) is 0. The fourth-order valence-corrected chi connectivity index (χ4v) is 5.17. The molecule has 0 bridgehead atoms. The van der Waals surface area contributed by atoms with Gasteiger partial charge in [-0.15, -0.1) is 21.5 Å². The fourth-order valence-electron chi connectivity index (χ4n) is 3.42. The summed E-state index contributed by atoms with van der Waals surface area (Å²) in [6.07, 6.45) is 2.31. The molecule has 10 heteroatoms. The molecular formula is C20H19ClN6OS2. The highest BCUT2D eigenvalue weighted by atomic mass is 35.5. The first-order chi connectivity index (χ1) is 14.7. The van der Waals surface area contributed by atoms with Gasteiger partial charge < -0.3 is 9.42 Å². The van der Waals surface area contributed by atoms with Crippen LogP contribution in [0.5, 0.6) is 0 Å². The molecular weight excluding hydrogens is 440 g/mol. The van der Waals surface area contributed by atoms with Crippen LogP contribution in [0, 0.1) is 0 Å². The minimum Gasteiger partial charge on any atom is -0.341 e. The molecule has 1 atom stereocenters. The molecule has 4 aromatic rings. The Morgan fingerprint density at radius 1 is 1.13 bits per heavy atom. The molecule has 0 spiro atoms. The van der Waals surface area contributed by atoms with Crippen LogP contribution < -0.4 is 4.90 Å². The van der Waals surface area contributed by atoms with Gasteiger partial charge in [-0.2, -0.15) is 4.98 Å². The van der Waals surface area contributed by atoms with E-state index in [1.54, 1.807) is 11.3 Å². The largest absolute Gasteiger partial charge is 0.341 e. The number of anilines is 1. The summed E-state index contributed by atoms with van der Waals surface area (Å²) in [6, 6.07) is 11.7. The first-order valence-corrected chi connectivity index (χ1v) is 11.8. The maximum atomic E-state index is 6.54. The van der Waals surface area contributed by atoms with Gasteiger partial charge in [-0.1, -0.05) is 46.7 Å². The number of hydrogen-bond acceptors (Lipinski definition) is 8. The topological polar surface area (TPSA) is 72.9 Å². The number of para-hydroxylation sites is 1. The summed E-state index contributed by atoms with van der Waals surface area (Å²) in [5.41, 5.74) is 0.866. The van der Waals surface area contributed by atoms with Crippen LogP contribution in [0.3, 0.4) is 0 Å². The van der Waals surface area contributed by atoms with E-state index in [0.717, 1.165) is 47.6 Å². The standard InChI is InChI=1S/C20H19ClN6OS2/c1-13(18-22-17(25-28-18)16-9-6-12-29-16)30-20-24-23-19(26-10-4-5-11-26)27(20)15-8-3-2-7-14(15)21/h2-3,6-9,12-13H,4-5,10-11H2,1H3. The van der Waals surface area contributed by atoms with E-state index in [4.69, 9.17) is 16.1 Å². The average Bonchev–Trinajstić information content (AvgIpc) is 3.55. The van der Waals surface area contributed by atoms with Gasteiger partial charge in [0.2, 0.25) is 17.7 Å². The van der Waals surface area contributed by atoms with Crippen molar-refractivity contribution in [1.82, 2.24) is 24.9 Å². The summed E-state index contributed by atoms with van der Waals surface area (Å²) < 4.78 is 7.56. The van der Waals surface area contributed by atoms with E-state index in [-0.39, 0.29) is 5.25 Å². The lowest BCUT2D eigenvalue weighted by atomic mass is 10.3. The highest BCUT2D eigenvalue weighted by molar-refractivity contribution is 7.99. The molecule has 154 valence electrons.